The van der Waals surface area contributed by atoms with E-state index >= 15 is 0 Å². The molecule has 0 saturated carbocycles. The molecule has 0 N–H and O–H groups in total. The van der Waals surface area contributed by atoms with Crippen LogP contribution in [-0.2, 0) is 0 Å². The van der Waals surface area contributed by atoms with Crippen molar-refractivity contribution < 1.29 is 13.6 Å². The van der Waals surface area contributed by atoms with Crippen molar-refractivity contribution in [3.8, 4) is 0 Å². The van der Waals surface area contributed by atoms with Gasteiger partial charge >= 0.3 is 0 Å². The van der Waals surface area contributed by atoms with Crippen molar-refractivity contribution in [1.29, 1.82) is 0 Å². The Kier molecular flexibility index (Phi) is 2.93. The lowest BCUT2D eigenvalue weighted by atomic mass is 10.2. The molecule has 0 spiro atoms. The van der Waals surface area contributed by atoms with Crippen LogP contribution in [0.4, 0.5) is 8.78 Å². The highest BCUT2D eigenvalue weighted by molar-refractivity contribution is 6.30. The summed E-state index contributed by atoms with van der Waals surface area (Å²) in [5.74, 6) is -0.385. The predicted molar refractivity (Wildman–Crippen MR) is 44.2 cm³/mol. The van der Waals surface area contributed by atoms with Crippen LogP contribution in [0.25, 0.3) is 0 Å². The van der Waals surface area contributed by atoms with Crippen molar-refractivity contribution in [2.75, 3.05) is 0 Å². The van der Waals surface area contributed by atoms with E-state index in [1.165, 1.54) is 13.0 Å². The Morgan fingerprint density at radius 2 is 2.15 bits per heavy atom. The van der Waals surface area contributed by atoms with Gasteiger partial charge < -0.3 is 0 Å². The number of alkyl halides is 2. The van der Waals surface area contributed by atoms with Gasteiger partial charge in [-0.1, -0.05) is 11.6 Å². The molecule has 1 rings (SSSR count). The number of hydrogen-bond acceptors (Lipinski definition) is 2. The van der Waals surface area contributed by atoms with Crippen molar-refractivity contribution in [3.05, 3.63) is 28.5 Å². The lowest BCUT2D eigenvalue weighted by Crippen LogP contribution is -2.00. The highest BCUT2D eigenvalue weighted by Gasteiger charge is 2.12. The molecule has 0 atom stereocenters. The lowest BCUT2D eigenvalue weighted by Gasteiger charge is -2.01. The zero-order chi connectivity index (χ0) is 10.0. The standard InChI is InChI=1S/C8H6ClF2NO/c1-4(13)6-2-5(9)3-7(12-6)8(10)11/h2-3,8H,1H3. The van der Waals surface area contributed by atoms with E-state index in [0.29, 0.717) is 0 Å². The van der Waals surface area contributed by atoms with Gasteiger partial charge in [0.2, 0.25) is 0 Å². The number of Topliss-reactive ketones (excluding diaryl/α,β-unsaturated/α-hetero) is 1. The Bertz CT molecular complexity index is 341. The molecule has 5 heteroatoms. The van der Waals surface area contributed by atoms with E-state index in [1.807, 2.05) is 0 Å². The quantitative estimate of drug-likeness (QED) is 0.695. The third kappa shape index (κ3) is 2.45. The Labute approximate surface area is 78.5 Å². The van der Waals surface area contributed by atoms with E-state index in [1.54, 1.807) is 0 Å². The number of hydrogen-bond donors (Lipinski definition) is 0. The number of nitrogens with zero attached hydrogens (tertiary/aromatic N) is 1. The molecule has 0 aliphatic heterocycles. The molecule has 0 unspecified atom stereocenters. The number of aromatic nitrogens is 1. The SMILES string of the molecule is CC(=O)c1cc(Cl)cc(C(F)F)n1. The molecule has 1 aromatic heterocycles. The average Bonchev–Trinajstić information content (AvgIpc) is 2.03. The smallest absolute Gasteiger partial charge is 0.280 e. The fraction of sp³-hybridized carbons (Fsp3) is 0.250. The topological polar surface area (TPSA) is 30.0 Å². The molecule has 0 saturated heterocycles. The average molecular weight is 206 g/mol. The summed E-state index contributed by atoms with van der Waals surface area (Å²) >= 11 is 5.51. The van der Waals surface area contributed by atoms with E-state index in [9.17, 15) is 13.6 Å². The van der Waals surface area contributed by atoms with Gasteiger partial charge in [0.1, 0.15) is 11.4 Å². The van der Waals surface area contributed by atoms with Gasteiger partial charge in [0.05, 0.1) is 0 Å². The zero-order valence-corrected chi connectivity index (χ0v) is 7.48. The number of rotatable bonds is 2. The van der Waals surface area contributed by atoms with Crippen LogP contribution >= 0.6 is 11.6 Å². The molecular weight excluding hydrogens is 200 g/mol. The summed E-state index contributed by atoms with van der Waals surface area (Å²) in [5, 5.41) is 0.0931. The molecule has 70 valence electrons. The van der Waals surface area contributed by atoms with Gasteiger partial charge in [0.25, 0.3) is 6.43 Å². The number of halogens is 3. The van der Waals surface area contributed by atoms with Crippen molar-refractivity contribution in [2.45, 2.75) is 13.3 Å². The lowest BCUT2D eigenvalue weighted by molar-refractivity contribution is 0.101. The van der Waals surface area contributed by atoms with Gasteiger partial charge in [0.15, 0.2) is 5.78 Å². The number of ketones is 1. The first-order chi connectivity index (χ1) is 6.00. The third-order valence-electron chi connectivity index (χ3n) is 1.39. The maximum absolute atomic E-state index is 12.2. The van der Waals surface area contributed by atoms with E-state index in [4.69, 9.17) is 11.6 Å². The molecule has 1 heterocycles. The van der Waals surface area contributed by atoms with Gasteiger partial charge in [-0.2, -0.15) is 0 Å². The van der Waals surface area contributed by atoms with Crippen LogP contribution in [0.1, 0.15) is 29.5 Å². The second kappa shape index (κ2) is 3.79. The number of pyridine rings is 1. The Morgan fingerprint density at radius 1 is 1.54 bits per heavy atom. The second-order valence-electron chi connectivity index (χ2n) is 2.45. The molecule has 0 amide bonds. The maximum atomic E-state index is 12.2. The van der Waals surface area contributed by atoms with Gasteiger partial charge in [-0.3, -0.25) is 4.79 Å². The molecule has 0 bridgehead atoms. The molecular formula is C8H6ClF2NO. The van der Waals surface area contributed by atoms with Crippen molar-refractivity contribution in [2.24, 2.45) is 0 Å². The summed E-state index contributed by atoms with van der Waals surface area (Å²) in [6, 6.07) is 2.30. The van der Waals surface area contributed by atoms with E-state index < -0.39 is 12.1 Å². The molecule has 0 aliphatic rings. The Hall–Kier alpha value is -1.03. The maximum Gasteiger partial charge on any atom is 0.280 e. The minimum Gasteiger partial charge on any atom is -0.293 e. The summed E-state index contributed by atoms with van der Waals surface area (Å²) in [6.07, 6.45) is -2.71. The normalized spacial score (nSPS) is 10.5. The van der Waals surface area contributed by atoms with Crippen molar-refractivity contribution >= 4 is 17.4 Å². The van der Waals surface area contributed by atoms with Gasteiger partial charge in [0, 0.05) is 11.9 Å². The number of carbonyl (C=O) groups excluding carboxylic acids is 1. The van der Waals surface area contributed by atoms with Crippen LogP contribution in [0.2, 0.25) is 5.02 Å². The largest absolute Gasteiger partial charge is 0.293 e. The van der Waals surface area contributed by atoms with Crippen LogP contribution in [-0.4, -0.2) is 10.8 Å². The third-order valence-corrected chi connectivity index (χ3v) is 1.61. The van der Waals surface area contributed by atoms with Crippen LogP contribution < -0.4 is 0 Å². The molecule has 0 aliphatic carbocycles. The Morgan fingerprint density at radius 3 is 2.62 bits per heavy atom. The second-order valence-corrected chi connectivity index (χ2v) is 2.89. The molecule has 0 aromatic carbocycles. The van der Waals surface area contributed by atoms with Gasteiger partial charge in [-0.15, -0.1) is 0 Å². The summed E-state index contributed by atoms with van der Waals surface area (Å²) in [7, 11) is 0. The highest BCUT2D eigenvalue weighted by Crippen LogP contribution is 2.21. The minimum absolute atomic E-state index is 0.0391. The van der Waals surface area contributed by atoms with Crippen LogP contribution in [0.5, 0.6) is 0 Å². The predicted octanol–water partition coefficient (Wildman–Crippen LogP) is 2.88. The molecule has 0 radical (unpaired) electrons. The first-order valence-electron chi connectivity index (χ1n) is 3.47. The van der Waals surface area contributed by atoms with Gasteiger partial charge in [-0.25, -0.2) is 13.8 Å². The molecule has 13 heavy (non-hydrogen) atoms. The zero-order valence-electron chi connectivity index (χ0n) is 6.72. The van der Waals surface area contributed by atoms with Crippen molar-refractivity contribution in [1.82, 2.24) is 4.98 Å². The van der Waals surface area contributed by atoms with Crippen LogP contribution in [0.15, 0.2) is 12.1 Å². The van der Waals surface area contributed by atoms with Crippen LogP contribution in [0, 0.1) is 0 Å². The van der Waals surface area contributed by atoms with Crippen LogP contribution in [0.3, 0.4) is 0 Å². The van der Waals surface area contributed by atoms with Crippen molar-refractivity contribution in [3.63, 3.8) is 0 Å². The van der Waals surface area contributed by atoms with E-state index in [0.717, 1.165) is 6.07 Å². The molecule has 2 nitrogen and oxygen atoms in total. The first kappa shape index (κ1) is 10.1. The fourth-order valence-corrected chi connectivity index (χ4v) is 1.02. The summed E-state index contributed by atoms with van der Waals surface area (Å²) in [5.41, 5.74) is -0.513. The van der Waals surface area contributed by atoms with Gasteiger partial charge in [-0.05, 0) is 12.1 Å². The fourth-order valence-electron chi connectivity index (χ4n) is 0.809. The van der Waals surface area contributed by atoms with E-state index in [-0.39, 0.29) is 16.5 Å². The summed E-state index contributed by atoms with van der Waals surface area (Å²) in [6.45, 7) is 1.24. The summed E-state index contributed by atoms with van der Waals surface area (Å²) in [4.78, 5) is 14.3. The first-order valence-corrected chi connectivity index (χ1v) is 3.85. The van der Waals surface area contributed by atoms with E-state index in [2.05, 4.69) is 4.98 Å². The highest BCUT2D eigenvalue weighted by atomic mass is 35.5. The minimum atomic E-state index is -2.71. The summed E-state index contributed by atoms with van der Waals surface area (Å²) < 4.78 is 24.3. The monoisotopic (exact) mass is 205 g/mol. The Balaban J connectivity index is 3.19. The molecule has 1 aromatic rings. The molecule has 0 fully saturated rings. The number of carbonyl (C=O) groups is 1.